The second kappa shape index (κ2) is 6.90. The number of aromatic amines is 1. The molecule has 1 aliphatic rings. The molecule has 0 spiro atoms. The molecule has 1 N–H and O–H groups in total. The maximum Gasteiger partial charge on any atom is 0.260 e. The summed E-state index contributed by atoms with van der Waals surface area (Å²) in [6.07, 6.45) is 4.58. The summed E-state index contributed by atoms with van der Waals surface area (Å²) in [6, 6.07) is 1.41. The van der Waals surface area contributed by atoms with Crippen molar-refractivity contribution >= 4 is 17.5 Å². The molecule has 1 saturated heterocycles. The molecular weight excluding hydrogens is 280 g/mol. The van der Waals surface area contributed by atoms with E-state index in [-0.39, 0.29) is 17.6 Å². The Hall–Kier alpha value is -1.33. The van der Waals surface area contributed by atoms with Gasteiger partial charge in [-0.1, -0.05) is 11.6 Å². The van der Waals surface area contributed by atoms with Crippen molar-refractivity contribution in [2.45, 2.75) is 32.3 Å². The highest BCUT2D eigenvalue weighted by molar-refractivity contribution is 6.30. The third kappa shape index (κ3) is 3.61. The molecule has 1 aromatic heterocycles. The quantitative estimate of drug-likeness (QED) is 0.925. The normalized spacial score (nSPS) is 18.8. The molecule has 0 bridgehead atoms. The Morgan fingerprint density at radius 3 is 3.00 bits per heavy atom. The monoisotopic (exact) mass is 298 g/mol. The lowest BCUT2D eigenvalue weighted by Crippen LogP contribution is -2.41. The maximum atomic E-state index is 12.4. The number of rotatable bonds is 4. The average molecular weight is 299 g/mol. The van der Waals surface area contributed by atoms with Gasteiger partial charge in [-0.05, 0) is 32.3 Å². The lowest BCUT2D eigenvalue weighted by Gasteiger charge is -2.29. The first-order chi connectivity index (χ1) is 9.61. The van der Waals surface area contributed by atoms with Crippen molar-refractivity contribution in [2.24, 2.45) is 0 Å². The molecule has 1 amide bonds. The number of nitrogens with zero attached hydrogens (tertiary/aromatic N) is 1. The SMILES string of the molecule is CCN(C[C@@H]1CCCCO1)C(=O)c1cc(Cl)c[nH]c1=O. The predicted octanol–water partition coefficient (Wildman–Crippen LogP) is 2.06. The van der Waals surface area contributed by atoms with Gasteiger partial charge in [-0.3, -0.25) is 9.59 Å². The third-order valence-electron chi connectivity index (χ3n) is 3.47. The minimum Gasteiger partial charge on any atom is -0.376 e. The smallest absolute Gasteiger partial charge is 0.260 e. The van der Waals surface area contributed by atoms with Gasteiger partial charge in [-0.25, -0.2) is 0 Å². The summed E-state index contributed by atoms with van der Waals surface area (Å²) in [5.41, 5.74) is -0.336. The number of hydrogen-bond donors (Lipinski definition) is 1. The lowest BCUT2D eigenvalue weighted by molar-refractivity contribution is -0.00315. The van der Waals surface area contributed by atoms with Crippen LogP contribution in [0.25, 0.3) is 0 Å². The number of aromatic nitrogens is 1. The van der Waals surface area contributed by atoms with Crippen LogP contribution in [0.5, 0.6) is 0 Å². The van der Waals surface area contributed by atoms with E-state index in [1.54, 1.807) is 4.90 Å². The third-order valence-corrected chi connectivity index (χ3v) is 3.68. The molecule has 0 aromatic carbocycles. The van der Waals surface area contributed by atoms with Crippen LogP contribution in [0.3, 0.4) is 0 Å². The van der Waals surface area contributed by atoms with Crippen molar-refractivity contribution in [2.75, 3.05) is 19.7 Å². The molecule has 20 heavy (non-hydrogen) atoms. The van der Waals surface area contributed by atoms with E-state index in [9.17, 15) is 9.59 Å². The summed E-state index contributed by atoms with van der Waals surface area (Å²) in [5.74, 6) is -0.301. The highest BCUT2D eigenvalue weighted by Gasteiger charge is 2.23. The summed E-state index contributed by atoms with van der Waals surface area (Å²) in [6.45, 7) is 3.68. The number of amides is 1. The Labute approximate surface area is 122 Å². The first-order valence-electron chi connectivity index (χ1n) is 6.91. The van der Waals surface area contributed by atoms with E-state index in [0.29, 0.717) is 18.1 Å². The fourth-order valence-electron chi connectivity index (χ4n) is 2.34. The number of carbonyl (C=O) groups excluding carboxylic acids is 1. The van der Waals surface area contributed by atoms with Gasteiger partial charge < -0.3 is 14.6 Å². The standard InChI is InChI=1S/C14H19ClN2O3/c1-2-17(9-11-5-3-4-6-20-11)14(19)12-7-10(15)8-16-13(12)18/h7-8,11H,2-6,9H2,1H3,(H,16,18)/t11-/m0/s1. The zero-order valence-corrected chi connectivity index (χ0v) is 12.3. The van der Waals surface area contributed by atoms with Crippen molar-refractivity contribution in [3.05, 3.63) is 33.2 Å². The Morgan fingerprint density at radius 1 is 1.55 bits per heavy atom. The van der Waals surface area contributed by atoms with Crippen LogP contribution in [0.15, 0.2) is 17.1 Å². The van der Waals surface area contributed by atoms with Crippen LogP contribution < -0.4 is 5.56 Å². The van der Waals surface area contributed by atoms with E-state index in [1.807, 2.05) is 6.92 Å². The molecule has 0 unspecified atom stereocenters. The van der Waals surface area contributed by atoms with Crippen LogP contribution in [-0.4, -0.2) is 41.6 Å². The zero-order chi connectivity index (χ0) is 14.5. The number of H-pyrrole nitrogens is 1. The van der Waals surface area contributed by atoms with Crippen LogP contribution in [0.1, 0.15) is 36.5 Å². The van der Waals surface area contributed by atoms with Crippen molar-refractivity contribution < 1.29 is 9.53 Å². The summed E-state index contributed by atoms with van der Waals surface area (Å²) >= 11 is 5.84. The number of nitrogens with one attached hydrogen (secondary N) is 1. The van der Waals surface area contributed by atoms with Gasteiger partial charge in [-0.15, -0.1) is 0 Å². The van der Waals surface area contributed by atoms with Gasteiger partial charge in [-0.2, -0.15) is 0 Å². The molecule has 0 radical (unpaired) electrons. The van der Waals surface area contributed by atoms with E-state index in [0.717, 1.165) is 25.9 Å². The van der Waals surface area contributed by atoms with Gasteiger partial charge in [0.25, 0.3) is 11.5 Å². The molecule has 2 heterocycles. The molecule has 0 saturated carbocycles. The molecule has 6 heteroatoms. The van der Waals surface area contributed by atoms with E-state index >= 15 is 0 Å². The Balaban J connectivity index is 2.11. The number of halogens is 1. The minimum atomic E-state index is -0.414. The topological polar surface area (TPSA) is 62.4 Å². The molecule has 110 valence electrons. The number of carbonyl (C=O) groups is 1. The molecular formula is C14H19ClN2O3. The molecule has 0 aliphatic carbocycles. The first kappa shape index (κ1) is 15.1. The minimum absolute atomic E-state index is 0.0610. The van der Waals surface area contributed by atoms with Crippen molar-refractivity contribution in [3.63, 3.8) is 0 Å². The summed E-state index contributed by atoms with van der Waals surface area (Å²) in [4.78, 5) is 28.2. The fraction of sp³-hybridized carbons (Fsp3) is 0.571. The fourth-order valence-corrected chi connectivity index (χ4v) is 2.50. The number of ether oxygens (including phenoxy) is 1. The largest absolute Gasteiger partial charge is 0.376 e. The van der Waals surface area contributed by atoms with Gasteiger partial charge in [0.2, 0.25) is 0 Å². The second-order valence-electron chi connectivity index (χ2n) is 4.89. The van der Waals surface area contributed by atoms with E-state index in [4.69, 9.17) is 16.3 Å². The molecule has 2 rings (SSSR count). The van der Waals surface area contributed by atoms with Crippen molar-refractivity contribution in [1.82, 2.24) is 9.88 Å². The molecule has 5 nitrogen and oxygen atoms in total. The number of likely N-dealkylation sites (N-methyl/N-ethyl adjacent to an activating group) is 1. The van der Waals surface area contributed by atoms with Crippen LogP contribution in [0.2, 0.25) is 5.02 Å². The number of hydrogen-bond acceptors (Lipinski definition) is 3. The highest BCUT2D eigenvalue weighted by atomic mass is 35.5. The van der Waals surface area contributed by atoms with Crippen molar-refractivity contribution in [1.29, 1.82) is 0 Å². The number of pyridine rings is 1. The van der Waals surface area contributed by atoms with Gasteiger partial charge in [0.1, 0.15) is 5.56 Å². The first-order valence-corrected chi connectivity index (χ1v) is 7.28. The Kier molecular flexibility index (Phi) is 5.20. The molecule has 1 aromatic rings. The Bertz CT molecular complexity index is 523. The maximum absolute atomic E-state index is 12.4. The lowest BCUT2D eigenvalue weighted by atomic mass is 10.1. The van der Waals surface area contributed by atoms with Gasteiger partial charge in [0.05, 0.1) is 11.1 Å². The van der Waals surface area contributed by atoms with Gasteiger partial charge >= 0.3 is 0 Å². The summed E-state index contributed by atoms with van der Waals surface area (Å²) < 4.78 is 5.64. The molecule has 1 fully saturated rings. The van der Waals surface area contributed by atoms with Crippen LogP contribution in [0, 0.1) is 0 Å². The second-order valence-corrected chi connectivity index (χ2v) is 5.33. The van der Waals surface area contributed by atoms with E-state index in [2.05, 4.69) is 4.98 Å². The summed E-state index contributed by atoms with van der Waals surface area (Å²) in [5, 5.41) is 0.345. The van der Waals surface area contributed by atoms with Crippen LogP contribution in [0.4, 0.5) is 0 Å². The average Bonchev–Trinajstić information content (AvgIpc) is 2.47. The van der Waals surface area contributed by atoms with Crippen molar-refractivity contribution in [3.8, 4) is 0 Å². The predicted molar refractivity (Wildman–Crippen MR) is 77.2 cm³/mol. The zero-order valence-electron chi connectivity index (χ0n) is 11.5. The Morgan fingerprint density at radius 2 is 2.35 bits per heavy atom. The van der Waals surface area contributed by atoms with Crippen LogP contribution >= 0.6 is 11.6 Å². The van der Waals surface area contributed by atoms with E-state index < -0.39 is 5.56 Å². The summed E-state index contributed by atoms with van der Waals surface area (Å²) in [7, 11) is 0. The van der Waals surface area contributed by atoms with Gasteiger partial charge in [0.15, 0.2) is 0 Å². The van der Waals surface area contributed by atoms with Gasteiger partial charge in [0, 0.05) is 25.9 Å². The molecule has 1 atom stereocenters. The molecule has 1 aliphatic heterocycles. The highest BCUT2D eigenvalue weighted by Crippen LogP contribution is 2.15. The van der Waals surface area contributed by atoms with E-state index in [1.165, 1.54) is 12.3 Å². The van der Waals surface area contributed by atoms with Crippen LogP contribution in [-0.2, 0) is 4.74 Å².